The van der Waals surface area contributed by atoms with Gasteiger partial charge >= 0.3 is 0 Å². The fourth-order valence-electron chi connectivity index (χ4n) is 2.09. The number of amides is 1. The third kappa shape index (κ3) is 3.94. The van der Waals surface area contributed by atoms with Crippen LogP contribution in [0.1, 0.15) is 5.76 Å². The van der Waals surface area contributed by atoms with E-state index in [1.54, 1.807) is 24.5 Å². The van der Waals surface area contributed by atoms with Crippen LogP contribution >= 0.6 is 11.8 Å². The molecular formula is C17H16N4O2S. The zero-order valence-electron chi connectivity index (χ0n) is 13.0. The quantitative estimate of drug-likeness (QED) is 0.425. The van der Waals surface area contributed by atoms with Crippen LogP contribution in [0.25, 0.3) is 17.1 Å². The Morgan fingerprint density at radius 3 is 3.04 bits per heavy atom. The van der Waals surface area contributed by atoms with Gasteiger partial charge in [0.2, 0.25) is 0 Å². The maximum atomic E-state index is 11.8. The number of fused-ring (bicyclic) bond motifs is 1. The molecule has 0 radical (unpaired) electrons. The largest absolute Gasteiger partial charge is 0.465 e. The predicted octanol–water partition coefficient (Wildman–Crippen LogP) is 3.07. The van der Waals surface area contributed by atoms with Gasteiger partial charge in [-0.25, -0.2) is 10.4 Å². The number of thioether (sulfide) groups is 1. The number of nitrogens with zero attached hydrogens (tertiary/aromatic N) is 3. The van der Waals surface area contributed by atoms with Crippen molar-refractivity contribution < 1.29 is 9.21 Å². The summed E-state index contributed by atoms with van der Waals surface area (Å²) in [7, 11) is 1.94. The van der Waals surface area contributed by atoms with Crippen molar-refractivity contribution in [3.63, 3.8) is 0 Å². The molecule has 1 N–H and O–H groups in total. The number of carbonyl (C=O) groups excluding carboxylic acids is 1. The Hall–Kier alpha value is -2.80. The molecule has 0 aliphatic carbocycles. The van der Waals surface area contributed by atoms with Crippen molar-refractivity contribution in [2.75, 3.05) is 5.75 Å². The molecule has 0 aliphatic heterocycles. The molecular weight excluding hydrogens is 324 g/mol. The summed E-state index contributed by atoms with van der Waals surface area (Å²) in [5.74, 6) is 0.788. The third-order valence-electron chi connectivity index (χ3n) is 3.23. The van der Waals surface area contributed by atoms with Crippen LogP contribution in [0, 0.1) is 0 Å². The number of para-hydroxylation sites is 2. The molecule has 0 saturated carbocycles. The van der Waals surface area contributed by atoms with Crippen LogP contribution in [-0.2, 0) is 11.8 Å². The molecule has 0 aliphatic rings. The summed E-state index contributed by atoms with van der Waals surface area (Å²) >= 11 is 1.38. The Morgan fingerprint density at radius 2 is 2.25 bits per heavy atom. The van der Waals surface area contributed by atoms with Crippen molar-refractivity contribution in [2.45, 2.75) is 5.16 Å². The molecule has 0 saturated heterocycles. The van der Waals surface area contributed by atoms with Crippen LogP contribution in [0.15, 0.2) is 63.4 Å². The second kappa shape index (κ2) is 7.65. The average molecular weight is 340 g/mol. The number of aromatic nitrogens is 2. The van der Waals surface area contributed by atoms with Gasteiger partial charge in [0.15, 0.2) is 5.16 Å². The number of hydrazone groups is 1. The molecule has 0 unspecified atom stereocenters. The molecule has 1 amide bonds. The van der Waals surface area contributed by atoms with Gasteiger partial charge in [0.25, 0.3) is 5.91 Å². The molecule has 3 aromatic rings. The lowest BCUT2D eigenvalue weighted by molar-refractivity contribution is -0.118. The number of carbonyl (C=O) groups is 1. The first-order valence-electron chi connectivity index (χ1n) is 7.30. The van der Waals surface area contributed by atoms with E-state index in [1.807, 2.05) is 41.9 Å². The highest BCUT2D eigenvalue weighted by Gasteiger charge is 2.09. The molecule has 0 fully saturated rings. The molecule has 1 aromatic carbocycles. The molecule has 2 heterocycles. The second-order valence-corrected chi connectivity index (χ2v) is 5.86. The van der Waals surface area contributed by atoms with Gasteiger partial charge in [0.05, 0.1) is 23.0 Å². The molecule has 0 bridgehead atoms. The number of imidazole rings is 1. The van der Waals surface area contributed by atoms with Gasteiger partial charge < -0.3 is 8.98 Å². The number of hydrogen-bond acceptors (Lipinski definition) is 5. The molecule has 7 heteroatoms. The second-order valence-electron chi connectivity index (χ2n) is 4.92. The van der Waals surface area contributed by atoms with Crippen LogP contribution < -0.4 is 5.43 Å². The fourth-order valence-corrected chi connectivity index (χ4v) is 2.87. The van der Waals surface area contributed by atoms with E-state index in [-0.39, 0.29) is 11.7 Å². The number of hydrogen-bond donors (Lipinski definition) is 1. The zero-order valence-corrected chi connectivity index (χ0v) is 13.9. The summed E-state index contributed by atoms with van der Waals surface area (Å²) in [6.45, 7) is 0. The van der Waals surface area contributed by atoms with Crippen LogP contribution in [0.5, 0.6) is 0 Å². The molecule has 6 nitrogen and oxygen atoms in total. The van der Waals surface area contributed by atoms with Crippen molar-refractivity contribution in [3.8, 4) is 0 Å². The van der Waals surface area contributed by atoms with Gasteiger partial charge in [-0.2, -0.15) is 5.10 Å². The number of furan rings is 1. The van der Waals surface area contributed by atoms with Gasteiger partial charge in [-0.05, 0) is 36.4 Å². The van der Waals surface area contributed by atoms with Crippen LogP contribution in [0.4, 0.5) is 0 Å². The number of rotatable bonds is 6. The minimum absolute atomic E-state index is 0.185. The number of allylic oxidation sites excluding steroid dienone is 1. The highest BCUT2D eigenvalue weighted by Crippen LogP contribution is 2.22. The Morgan fingerprint density at radius 1 is 1.38 bits per heavy atom. The Labute approximate surface area is 143 Å². The van der Waals surface area contributed by atoms with E-state index < -0.39 is 0 Å². The van der Waals surface area contributed by atoms with Crippen LogP contribution in [-0.4, -0.2) is 27.4 Å². The summed E-state index contributed by atoms with van der Waals surface area (Å²) in [4.78, 5) is 16.3. The topological polar surface area (TPSA) is 72.4 Å². The highest BCUT2D eigenvalue weighted by molar-refractivity contribution is 7.99. The first-order chi connectivity index (χ1) is 11.7. The molecule has 0 atom stereocenters. The Kier molecular flexibility index (Phi) is 5.12. The number of benzene rings is 1. The third-order valence-corrected chi connectivity index (χ3v) is 4.26. The van der Waals surface area contributed by atoms with Crippen LogP contribution in [0.3, 0.4) is 0 Å². The standard InChI is InChI=1S/C17H16N4O2S/c1-21-15-9-3-2-8-14(15)19-17(21)24-12-16(22)20-18-10-4-6-13-7-5-11-23-13/h2-11H,12H2,1H3,(H,20,22)/b6-4+,18-10-. The van der Waals surface area contributed by atoms with E-state index >= 15 is 0 Å². The summed E-state index contributed by atoms with van der Waals surface area (Å²) in [6, 6.07) is 11.5. The van der Waals surface area contributed by atoms with Gasteiger partial charge in [-0.3, -0.25) is 4.79 Å². The van der Waals surface area contributed by atoms with Gasteiger partial charge in [0.1, 0.15) is 5.76 Å². The molecule has 122 valence electrons. The van der Waals surface area contributed by atoms with E-state index in [0.717, 1.165) is 22.0 Å². The van der Waals surface area contributed by atoms with E-state index in [2.05, 4.69) is 15.5 Å². The highest BCUT2D eigenvalue weighted by atomic mass is 32.2. The van der Waals surface area contributed by atoms with Gasteiger partial charge in [-0.1, -0.05) is 23.9 Å². The molecule has 0 spiro atoms. The lowest BCUT2D eigenvalue weighted by Crippen LogP contribution is -2.19. The Balaban J connectivity index is 1.49. The molecule has 3 rings (SSSR count). The minimum Gasteiger partial charge on any atom is -0.465 e. The molecule has 2 aromatic heterocycles. The van der Waals surface area contributed by atoms with E-state index in [0.29, 0.717) is 0 Å². The predicted molar refractivity (Wildman–Crippen MR) is 95.8 cm³/mol. The summed E-state index contributed by atoms with van der Waals surface area (Å²) in [6.07, 6.45) is 6.54. The Bertz CT molecular complexity index is 881. The average Bonchev–Trinajstić information content (AvgIpc) is 3.21. The maximum Gasteiger partial charge on any atom is 0.250 e. The lowest BCUT2D eigenvalue weighted by Gasteiger charge is -2.01. The van der Waals surface area contributed by atoms with Crippen molar-refractivity contribution in [1.82, 2.24) is 15.0 Å². The minimum atomic E-state index is -0.185. The van der Waals surface area contributed by atoms with Crippen LogP contribution in [0.2, 0.25) is 0 Å². The van der Waals surface area contributed by atoms with E-state index in [1.165, 1.54) is 18.0 Å². The normalized spacial score (nSPS) is 11.7. The number of aryl methyl sites for hydroxylation is 1. The first kappa shape index (κ1) is 16.1. The maximum absolute atomic E-state index is 11.8. The summed E-state index contributed by atoms with van der Waals surface area (Å²) in [5.41, 5.74) is 4.44. The molecule has 24 heavy (non-hydrogen) atoms. The van der Waals surface area contributed by atoms with Gasteiger partial charge in [0, 0.05) is 13.3 Å². The SMILES string of the molecule is Cn1c(SCC(=O)N/N=C\C=C\c2ccco2)nc2ccccc21. The summed E-state index contributed by atoms with van der Waals surface area (Å²) < 4.78 is 7.11. The zero-order chi connectivity index (χ0) is 16.8. The van der Waals surface area contributed by atoms with Crippen molar-refractivity contribution >= 4 is 41.0 Å². The van der Waals surface area contributed by atoms with Crippen molar-refractivity contribution in [3.05, 3.63) is 54.5 Å². The summed E-state index contributed by atoms with van der Waals surface area (Å²) in [5, 5.41) is 4.65. The van der Waals surface area contributed by atoms with Crippen molar-refractivity contribution in [1.29, 1.82) is 0 Å². The smallest absolute Gasteiger partial charge is 0.250 e. The lowest BCUT2D eigenvalue weighted by atomic mass is 10.3. The van der Waals surface area contributed by atoms with E-state index in [4.69, 9.17) is 4.42 Å². The first-order valence-corrected chi connectivity index (χ1v) is 8.29. The van der Waals surface area contributed by atoms with Crippen molar-refractivity contribution in [2.24, 2.45) is 12.1 Å². The monoisotopic (exact) mass is 340 g/mol. The fraction of sp³-hybridized carbons (Fsp3) is 0.118. The van der Waals surface area contributed by atoms with E-state index in [9.17, 15) is 4.79 Å². The van der Waals surface area contributed by atoms with Gasteiger partial charge in [-0.15, -0.1) is 0 Å². The number of nitrogens with one attached hydrogen (secondary N) is 1.